The highest BCUT2D eigenvalue weighted by molar-refractivity contribution is 5.42. The summed E-state index contributed by atoms with van der Waals surface area (Å²) in [5.41, 5.74) is 3.58. The van der Waals surface area contributed by atoms with Gasteiger partial charge in [0.05, 0.1) is 30.5 Å². The second-order valence-electron chi connectivity index (χ2n) is 4.90. The van der Waals surface area contributed by atoms with Crippen molar-refractivity contribution in [1.82, 2.24) is 14.9 Å². The van der Waals surface area contributed by atoms with Crippen molar-refractivity contribution in [2.75, 3.05) is 13.7 Å². The third kappa shape index (κ3) is 2.41. The molecule has 2 aromatic rings. The monoisotopic (exact) mass is 257 g/mol. The molecular weight excluding hydrogens is 238 g/mol. The third-order valence-corrected chi connectivity index (χ3v) is 3.64. The zero-order chi connectivity index (χ0) is 13.1. The molecule has 1 N–H and O–H groups in total. The molecule has 100 valence electrons. The van der Waals surface area contributed by atoms with Crippen molar-refractivity contribution in [3.05, 3.63) is 48.0 Å². The zero-order valence-corrected chi connectivity index (χ0v) is 11.2. The summed E-state index contributed by atoms with van der Waals surface area (Å²) in [5, 5.41) is 3.53. The molecule has 1 aromatic heterocycles. The largest absolute Gasteiger partial charge is 0.380 e. The molecule has 1 aliphatic rings. The van der Waals surface area contributed by atoms with E-state index in [-0.39, 0.29) is 0 Å². The van der Waals surface area contributed by atoms with Crippen molar-refractivity contribution < 1.29 is 4.74 Å². The number of nitrogens with one attached hydrogen (secondary N) is 1. The summed E-state index contributed by atoms with van der Waals surface area (Å²) in [4.78, 5) is 4.33. The summed E-state index contributed by atoms with van der Waals surface area (Å²) in [6.07, 6.45) is 6.27. The lowest BCUT2D eigenvalue weighted by Crippen LogP contribution is -2.16. The molecule has 1 aromatic carbocycles. The predicted molar refractivity (Wildman–Crippen MR) is 74.3 cm³/mol. The Bertz CT molecular complexity index is 544. The summed E-state index contributed by atoms with van der Waals surface area (Å²) in [7, 11) is 1.73. The van der Waals surface area contributed by atoms with E-state index in [4.69, 9.17) is 4.74 Å². The van der Waals surface area contributed by atoms with Crippen molar-refractivity contribution in [3.63, 3.8) is 0 Å². The van der Waals surface area contributed by atoms with Crippen molar-refractivity contribution in [2.24, 2.45) is 0 Å². The molecule has 2 heterocycles. The van der Waals surface area contributed by atoms with Crippen molar-refractivity contribution in [2.45, 2.75) is 25.5 Å². The van der Waals surface area contributed by atoms with E-state index in [0.29, 0.717) is 12.6 Å². The maximum Gasteiger partial charge on any atom is 0.0994 e. The second-order valence-corrected chi connectivity index (χ2v) is 4.90. The summed E-state index contributed by atoms with van der Waals surface area (Å²) in [6.45, 7) is 1.71. The zero-order valence-electron chi connectivity index (χ0n) is 11.2. The minimum absolute atomic E-state index is 0.415. The lowest BCUT2D eigenvalue weighted by Gasteiger charge is -2.16. The van der Waals surface area contributed by atoms with Crippen molar-refractivity contribution >= 4 is 0 Å². The highest BCUT2D eigenvalue weighted by Crippen LogP contribution is 2.26. The van der Waals surface area contributed by atoms with Gasteiger partial charge in [0.15, 0.2) is 0 Å². The van der Waals surface area contributed by atoms with Crippen LogP contribution in [0.2, 0.25) is 0 Å². The molecule has 4 heteroatoms. The molecular formula is C15H19N3O. The Hall–Kier alpha value is -1.65. The number of imidazole rings is 1. The third-order valence-electron chi connectivity index (χ3n) is 3.64. The van der Waals surface area contributed by atoms with Gasteiger partial charge in [-0.1, -0.05) is 18.2 Å². The van der Waals surface area contributed by atoms with Gasteiger partial charge < -0.3 is 14.6 Å². The Morgan fingerprint density at radius 3 is 3.11 bits per heavy atom. The Labute approximate surface area is 113 Å². The summed E-state index contributed by atoms with van der Waals surface area (Å²) in [6, 6.07) is 8.74. The Morgan fingerprint density at radius 1 is 1.42 bits per heavy atom. The molecule has 3 rings (SSSR count). The van der Waals surface area contributed by atoms with Crippen LogP contribution in [-0.4, -0.2) is 23.2 Å². The van der Waals surface area contributed by atoms with E-state index in [1.165, 1.54) is 24.1 Å². The Morgan fingerprint density at radius 2 is 2.32 bits per heavy atom. The number of methoxy groups -OCH3 is 1. The van der Waals surface area contributed by atoms with Crippen molar-refractivity contribution in [3.8, 4) is 5.69 Å². The minimum atomic E-state index is 0.415. The minimum Gasteiger partial charge on any atom is -0.380 e. The molecule has 0 aliphatic carbocycles. The first-order valence-corrected chi connectivity index (χ1v) is 6.73. The number of hydrogen-bond donors (Lipinski definition) is 1. The van der Waals surface area contributed by atoms with E-state index >= 15 is 0 Å². The van der Waals surface area contributed by atoms with E-state index in [2.05, 4.69) is 33.1 Å². The maximum atomic E-state index is 5.28. The number of para-hydroxylation sites is 1. The van der Waals surface area contributed by atoms with E-state index in [0.717, 1.165) is 12.2 Å². The van der Waals surface area contributed by atoms with Crippen LogP contribution >= 0.6 is 0 Å². The smallest absolute Gasteiger partial charge is 0.0994 e. The van der Waals surface area contributed by atoms with Gasteiger partial charge in [-0.05, 0) is 25.5 Å². The van der Waals surface area contributed by atoms with Gasteiger partial charge in [-0.3, -0.25) is 0 Å². The lowest BCUT2D eigenvalue weighted by molar-refractivity contribution is 0.184. The van der Waals surface area contributed by atoms with Gasteiger partial charge in [0.2, 0.25) is 0 Å². The van der Waals surface area contributed by atoms with Gasteiger partial charge in [-0.25, -0.2) is 4.98 Å². The van der Waals surface area contributed by atoms with Gasteiger partial charge >= 0.3 is 0 Å². The molecule has 1 fully saturated rings. The molecule has 4 nitrogen and oxygen atoms in total. The number of hydrogen-bond acceptors (Lipinski definition) is 3. The Kier molecular flexibility index (Phi) is 3.62. The normalized spacial score (nSPS) is 18.9. The number of rotatable bonds is 4. The second kappa shape index (κ2) is 5.55. The van der Waals surface area contributed by atoms with Gasteiger partial charge in [-0.2, -0.15) is 0 Å². The Balaban J connectivity index is 2.00. The highest BCUT2D eigenvalue weighted by Gasteiger charge is 2.20. The van der Waals surface area contributed by atoms with Gasteiger partial charge in [0, 0.05) is 18.7 Å². The van der Waals surface area contributed by atoms with Crippen LogP contribution in [-0.2, 0) is 11.3 Å². The van der Waals surface area contributed by atoms with Crippen LogP contribution in [0.4, 0.5) is 0 Å². The molecule has 0 bridgehead atoms. The SMILES string of the molecule is COCc1ccccc1-n1cncc1C1CCCN1. The van der Waals surface area contributed by atoms with Crippen LogP contribution < -0.4 is 5.32 Å². The average Bonchev–Trinajstić information content (AvgIpc) is 3.10. The first-order valence-electron chi connectivity index (χ1n) is 6.73. The molecule has 19 heavy (non-hydrogen) atoms. The van der Waals surface area contributed by atoms with Gasteiger partial charge in [-0.15, -0.1) is 0 Å². The molecule has 1 unspecified atom stereocenters. The van der Waals surface area contributed by atoms with Gasteiger partial charge in [0.1, 0.15) is 0 Å². The number of benzene rings is 1. The van der Waals surface area contributed by atoms with Crippen LogP contribution in [0, 0.1) is 0 Å². The topological polar surface area (TPSA) is 39.1 Å². The standard InChI is InChI=1S/C15H19N3O/c1-19-10-12-5-2-3-7-14(12)18-11-16-9-15(18)13-6-4-8-17-13/h2-3,5,7,9,11,13,17H,4,6,8,10H2,1H3. The van der Waals surface area contributed by atoms with Crippen LogP contribution in [0.3, 0.4) is 0 Å². The van der Waals surface area contributed by atoms with Crippen LogP contribution in [0.1, 0.15) is 30.1 Å². The first-order chi connectivity index (χ1) is 9.40. The molecule has 0 spiro atoms. The van der Waals surface area contributed by atoms with Crippen LogP contribution in [0.25, 0.3) is 5.69 Å². The number of nitrogens with zero attached hydrogens (tertiary/aromatic N) is 2. The number of ether oxygens (including phenoxy) is 1. The maximum absolute atomic E-state index is 5.28. The molecule has 1 aliphatic heterocycles. The average molecular weight is 257 g/mol. The molecule has 1 atom stereocenters. The van der Waals surface area contributed by atoms with Crippen molar-refractivity contribution in [1.29, 1.82) is 0 Å². The lowest BCUT2D eigenvalue weighted by atomic mass is 10.1. The number of aromatic nitrogens is 2. The molecule has 0 radical (unpaired) electrons. The fourth-order valence-corrected chi connectivity index (χ4v) is 2.72. The summed E-state index contributed by atoms with van der Waals surface area (Å²) >= 11 is 0. The molecule has 1 saturated heterocycles. The van der Waals surface area contributed by atoms with Crippen LogP contribution in [0.15, 0.2) is 36.8 Å². The van der Waals surface area contributed by atoms with Crippen LogP contribution in [0.5, 0.6) is 0 Å². The first kappa shape index (κ1) is 12.4. The summed E-state index contributed by atoms with van der Waals surface area (Å²) < 4.78 is 7.46. The fraction of sp³-hybridized carbons (Fsp3) is 0.400. The van der Waals surface area contributed by atoms with Gasteiger partial charge in [0.25, 0.3) is 0 Å². The predicted octanol–water partition coefficient (Wildman–Crippen LogP) is 2.44. The van der Waals surface area contributed by atoms with E-state index in [1.807, 2.05) is 18.6 Å². The van der Waals surface area contributed by atoms with E-state index in [9.17, 15) is 0 Å². The molecule has 0 amide bonds. The molecule has 0 saturated carbocycles. The quantitative estimate of drug-likeness (QED) is 0.914. The van der Waals surface area contributed by atoms with E-state index < -0.39 is 0 Å². The van der Waals surface area contributed by atoms with E-state index in [1.54, 1.807) is 7.11 Å². The fourth-order valence-electron chi connectivity index (χ4n) is 2.72. The summed E-state index contributed by atoms with van der Waals surface area (Å²) in [5.74, 6) is 0. The highest BCUT2D eigenvalue weighted by atomic mass is 16.5.